The third kappa shape index (κ3) is 7.72. The number of hydrogen-bond donors (Lipinski definition) is 1. The summed E-state index contributed by atoms with van der Waals surface area (Å²) in [4.78, 5) is 29.1. The zero-order valence-electron chi connectivity index (χ0n) is 28.0. The molecule has 1 aliphatic rings. The highest BCUT2D eigenvalue weighted by molar-refractivity contribution is 7.98. The summed E-state index contributed by atoms with van der Waals surface area (Å²) in [6.07, 6.45) is 2.68. The molecule has 0 aromatic heterocycles. The van der Waals surface area contributed by atoms with Gasteiger partial charge < -0.3 is 14.4 Å². The lowest BCUT2D eigenvalue weighted by atomic mass is 9.76. The summed E-state index contributed by atoms with van der Waals surface area (Å²) in [5.74, 6) is -1.60. The summed E-state index contributed by atoms with van der Waals surface area (Å²) in [6, 6.07) is 29.9. The first-order chi connectivity index (χ1) is 22.3. The van der Waals surface area contributed by atoms with Gasteiger partial charge in [0.15, 0.2) is 8.32 Å². The molecular weight excluding hydrogens is 626 g/mol. The number of nitrogens with zero attached hydrogens (tertiary/aromatic N) is 1. The summed E-state index contributed by atoms with van der Waals surface area (Å²) in [7, 11) is -2.22. The van der Waals surface area contributed by atoms with Gasteiger partial charge in [0.1, 0.15) is 5.82 Å². The van der Waals surface area contributed by atoms with E-state index in [0.717, 1.165) is 32.8 Å². The quantitative estimate of drug-likeness (QED) is 0.0924. The Balaban J connectivity index is 1.52. The highest BCUT2D eigenvalue weighted by atomic mass is 32.2. The van der Waals surface area contributed by atoms with Crippen LogP contribution in [0.5, 0.6) is 0 Å². The minimum Gasteiger partial charge on any atom is -0.481 e. The molecule has 1 N–H and O–H groups in total. The Morgan fingerprint density at radius 3 is 2.19 bits per heavy atom. The van der Waals surface area contributed by atoms with Crippen molar-refractivity contribution in [3.63, 3.8) is 0 Å². The van der Waals surface area contributed by atoms with E-state index in [9.17, 15) is 19.1 Å². The lowest BCUT2D eigenvalue weighted by Crippen LogP contribution is -2.55. The van der Waals surface area contributed by atoms with E-state index < -0.39 is 14.3 Å². The smallest absolute Gasteiger partial charge is 0.307 e. The number of carboxylic acids is 1. The second-order valence-electron chi connectivity index (χ2n) is 13.8. The SMILES string of the molecule is CSc1ccc(-c2ccc([C@@H]3[C@@H](CC[C@H](O[Si](C)(C)C(C)(C)C)c4ccc(F)cc4)C(=O)N3c3ccccc3)c(CC(=O)O)c2)cc1. The Kier molecular flexibility index (Phi) is 10.4. The normalized spacial score (nSPS) is 17.3. The maximum atomic E-state index is 14.0. The molecule has 8 heteroatoms. The number of thioether (sulfide) groups is 1. The number of carboxylic acid groups (broad SMARTS) is 1. The van der Waals surface area contributed by atoms with Crippen LogP contribution in [0.2, 0.25) is 18.1 Å². The molecule has 0 aliphatic carbocycles. The number of aliphatic carboxylic acids is 1. The maximum absolute atomic E-state index is 14.0. The Bertz CT molecular complexity index is 1700. The minimum absolute atomic E-state index is 0.00406. The Hall–Kier alpha value is -3.72. The number of halogens is 1. The number of β-lactam (4-membered cyclic amide) rings is 1. The van der Waals surface area contributed by atoms with Crippen molar-refractivity contribution < 1.29 is 23.5 Å². The monoisotopic (exact) mass is 669 g/mol. The van der Waals surface area contributed by atoms with E-state index in [4.69, 9.17) is 4.43 Å². The highest BCUT2D eigenvalue weighted by Gasteiger charge is 2.49. The number of carbonyl (C=O) groups is 2. The fourth-order valence-corrected chi connectivity index (χ4v) is 7.80. The molecule has 3 atom stereocenters. The third-order valence-electron chi connectivity index (χ3n) is 9.70. The van der Waals surface area contributed by atoms with Gasteiger partial charge in [-0.2, -0.15) is 0 Å². The van der Waals surface area contributed by atoms with Crippen molar-refractivity contribution in [2.45, 2.75) is 75.2 Å². The van der Waals surface area contributed by atoms with Crippen LogP contribution < -0.4 is 4.90 Å². The fourth-order valence-electron chi connectivity index (χ4n) is 6.07. The van der Waals surface area contributed by atoms with Crippen molar-refractivity contribution >= 4 is 37.6 Å². The van der Waals surface area contributed by atoms with Gasteiger partial charge in [0.2, 0.25) is 5.91 Å². The molecule has 4 aromatic carbocycles. The standard InChI is InChI=1S/C39H44FNO4SSi/c1-39(2,3)47(5,6)45-35(27-12-17-30(40)18-13-27)23-22-34-37(41(38(34)44)31-10-8-7-9-11-31)33-21-16-28(24-29(33)25-36(42)43)26-14-19-32(46-4)20-15-26/h7-21,24,34-35,37H,22-23,25H2,1-6H3,(H,42,43)/t34-,35+,37-/m1/s1. The van der Waals surface area contributed by atoms with Crippen LogP contribution in [0.15, 0.2) is 102 Å². The van der Waals surface area contributed by atoms with Crippen LogP contribution in [0.4, 0.5) is 10.1 Å². The summed E-state index contributed by atoms with van der Waals surface area (Å²) < 4.78 is 20.8. The first-order valence-electron chi connectivity index (χ1n) is 16.1. The molecule has 0 unspecified atom stereocenters. The summed E-state index contributed by atoms with van der Waals surface area (Å²) in [6.45, 7) is 11.0. The van der Waals surface area contributed by atoms with Crippen LogP contribution >= 0.6 is 11.8 Å². The zero-order valence-corrected chi connectivity index (χ0v) is 29.8. The molecule has 0 saturated carbocycles. The number of carbonyl (C=O) groups excluding carboxylic acids is 1. The molecule has 5 nitrogen and oxygen atoms in total. The summed E-state index contributed by atoms with van der Waals surface area (Å²) in [5, 5.41) is 9.93. The van der Waals surface area contributed by atoms with E-state index in [2.05, 4.69) is 58.1 Å². The molecule has 5 rings (SSSR count). The van der Waals surface area contributed by atoms with Crippen molar-refractivity contribution in [3.8, 4) is 11.1 Å². The van der Waals surface area contributed by atoms with E-state index in [1.54, 1.807) is 28.8 Å². The number of amides is 1. The van der Waals surface area contributed by atoms with Crippen LogP contribution in [0.25, 0.3) is 11.1 Å². The molecule has 1 aliphatic heterocycles. The van der Waals surface area contributed by atoms with Crippen LogP contribution in [0.3, 0.4) is 0 Å². The number of rotatable bonds is 12. The molecule has 1 amide bonds. The summed E-state index contributed by atoms with van der Waals surface area (Å²) in [5.41, 5.74) is 5.15. The van der Waals surface area contributed by atoms with Crippen LogP contribution in [-0.2, 0) is 20.4 Å². The molecule has 0 radical (unpaired) electrons. The molecule has 246 valence electrons. The lowest BCUT2D eigenvalue weighted by Gasteiger charge is -2.49. The largest absolute Gasteiger partial charge is 0.481 e. The van der Waals surface area contributed by atoms with Crippen LogP contribution in [-0.4, -0.2) is 31.6 Å². The van der Waals surface area contributed by atoms with E-state index in [1.165, 1.54) is 12.1 Å². The Morgan fingerprint density at radius 2 is 1.60 bits per heavy atom. The van der Waals surface area contributed by atoms with Gasteiger partial charge in [-0.1, -0.05) is 81.4 Å². The predicted octanol–water partition coefficient (Wildman–Crippen LogP) is 10.1. The van der Waals surface area contributed by atoms with Gasteiger partial charge >= 0.3 is 5.97 Å². The van der Waals surface area contributed by atoms with Crippen molar-refractivity contribution in [1.29, 1.82) is 0 Å². The third-order valence-corrected chi connectivity index (χ3v) is 14.9. The van der Waals surface area contributed by atoms with Crippen molar-refractivity contribution in [2.75, 3.05) is 11.2 Å². The van der Waals surface area contributed by atoms with E-state index in [0.29, 0.717) is 18.4 Å². The van der Waals surface area contributed by atoms with Crippen LogP contribution in [0, 0.1) is 11.7 Å². The average Bonchev–Trinajstić information content (AvgIpc) is 3.03. The zero-order chi connectivity index (χ0) is 33.9. The Labute approximate surface area is 283 Å². The van der Waals surface area contributed by atoms with Crippen LogP contribution in [0.1, 0.15) is 62.4 Å². The topological polar surface area (TPSA) is 66.8 Å². The predicted molar refractivity (Wildman–Crippen MR) is 192 cm³/mol. The van der Waals surface area contributed by atoms with Crippen molar-refractivity contribution in [3.05, 3.63) is 120 Å². The van der Waals surface area contributed by atoms with Gasteiger partial charge in [0.25, 0.3) is 0 Å². The van der Waals surface area contributed by atoms with Gasteiger partial charge in [0, 0.05) is 10.6 Å². The van der Waals surface area contributed by atoms with Gasteiger partial charge in [-0.15, -0.1) is 11.8 Å². The number of hydrogen-bond acceptors (Lipinski definition) is 4. The number of para-hydroxylation sites is 1. The fraction of sp³-hybridized carbons (Fsp3) is 0.333. The van der Waals surface area contributed by atoms with Gasteiger partial charge in [0.05, 0.1) is 24.5 Å². The molecule has 1 fully saturated rings. The Morgan fingerprint density at radius 1 is 0.957 bits per heavy atom. The van der Waals surface area contributed by atoms with Gasteiger partial charge in [-0.25, -0.2) is 4.39 Å². The van der Waals surface area contributed by atoms with Crippen molar-refractivity contribution in [2.24, 2.45) is 5.92 Å². The average molecular weight is 670 g/mol. The minimum atomic E-state index is -2.22. The first kappa shape index (κ1) is 34.6. The lowest BCUT2D eigenvalue weighted by molar-refractivity contribution is -0.136. The second kappa shape index (κ2) is 14.2. The van der Waals surface area contributed by atoms with Gasteiger partial charge in [-0.05, 0) is 101 Å². The van der Waals surface area contributed by atoms with Gasteiger partial charge in [-0.3, -0.25) is 9.59 Å². The van der Waals surface area contributed by atoms with Crippen molar-refractivity contribution in [1.82, 2.24) is 0 Å². The number of anilines is 1. The molecule has 1 heterocycles. The van der Waals surface area contributed by atoms with E-state index in [1.807, 2.05) is 54.8 Å². The van der Waals surface area contributed by atoms with E-state index >= 15 is 0 Å². The molecular formula is C39H44FNO4SSi. The first-order valence-corrected chi connectivity index (χ1v) is 20.2. The second-order valence-corrected chi connectivity index (χ2v) is 19.4. The van der Waals surface area contributed by atoms with E-state index in [-0.39, 0.29) is 41.2 Å². The molecule has 0 spiro atoms. The number of benzene rings is 4. The highest BCUT2D eigenvalue weighted by Crippen LogP contribution is 2.49. The summed E-state index contributed by atoms with van der Waals surface area (Å²) >= 11 is 1.67. The molecule has 1 saturated heterocycles. The maximum Gasteiger partial charge on any atom is 0.307 e. The molecule has 4 aromatic rings. The molecule has 47 heavy (non-hydrogen) atoms. The molecule has 0 bridgehead atoms.